The Bertz CT molecular complexity index is 701. The van der Waals surface area contributed by atoms with Gasteiger partial charge in [-0.3, -0.25) is 29.1 Å². The lowest BCUT2D eigenvalue weighted by Crippen LogP contribution is -2.82. The molecular formula is C21H32N4O4. The number of amides is 3. The molecule has 5 fully saturated rings. The van der Waals surface area contributed by atoms with E-state index in [-0.39, 0.29) is 23.8 Å². The Labute approximate surface area is 171 Å². The van der Waals surface area contributed by atoms with E-state index in [0.717, 1.165) is 13.0 Å². The number of aliphatic hydroxyl groups excluding tert-OH is 1. The van der Waals surface area contributed by atoms with Gasteiger partial charge in [0.1, 0.15) is 5.54 Å². The third-order valence-corrected chi connectivity index (χ3v) is 7.77. The molecule has 5 rings (SSSR count). The first-order valence-corrected chi connectivity index (χ1v) is 11.3. The van der Waals surface area contributed by atoms with E-state index in [1.165, 1.54) is 30.6 Å². The summed E-state index contributed by atoms with van der Waals surface area (Å²) in [5.74, 6) is -0.0758. The summed E-state index contributed by atoms with van der Waals surface area (Å²) in [7, 11) is 0. The minimum absolute atomic E-state index is 0.0881. The minimum atomic E-state index is -0.651. The Kier molecular flexibility index (Phi) is 4.91. The van der Waals surface area contributed by atoms with Gasteiger partial charge in [0.2, 0.25) is 11.8 Å². The number of piperazine rings is 1. The van der Waals surface area contributed by atoms with Crippen LogP contribution in [0.5, 0.6) is 0 Å². The Morgan fingerprint density at radius 1 is 1.03 bits per heavy atom. The molecule has 0 aromatic carbocycles. The summed E-state index contributed by atoms with van der Waals surface area (Å²) in [6.07, 6.45) is 6.91. The van der Waals surface area contributed by atoms with Crippen LogP contribution in [-0.4, -0.2) is 105 Å². The lowest BCUT2D eigenvalue weighted by Gasteiger charge is -2.60. The quantitative estimate of drug-likeness (QED) is 0.639. The Morgan fingerprint density at radius 2 is 1.79 bits per heavy atom. The van der Waals surface area contributed by atoms with Crippen molar-refractivity contribution in [3.05, 3.63) is 0 Å². The van der Waals surface area contributed by atoms with E-state index in [0.29, 0.717) is 58.0 Å². The molecule has 8 nitrogen and oxygen atoms in total. The van der Waals surface area contributed by atoms with Gasteiger partial charge in [0, 0.05) is 51.7 Å². The number of carbonyl (C=O) groups is 3. The van der Waals surface area contributed by atoms with Crippen molar-refractivity contribution >= 4 is 17.7 Å². The zero-order valence-electron chi connectivity index (χ0n) is 17.1. The maximum Gasteiger partial charge on any atom is 0.252 e. The molecule has 0 aromatic rings. The van der Waals surface area contributed by atoms with Crippen LogP contribution >= 0.6 is 0 Å². The van der Waals surface area contributed by atoms with Crippen LogP contribution in [0.25, 0.3) is 0 Å². The lowest BCUT2D eigenvalue weighted by molar-refractivity contribution is -0.182. The zero-order valence-corrected chi connectivity index (χ0v) is 17.1. The average molecular weight is 405 g/mol. The van der Waals surface area contributed by atoms with Gasteiger partial charge in [0.05, 0.1) is 12.1 Å². The van der Waals surface area contributed by atoms with Gasteiger partial charge < -0.3 is 10.0 Å². The summed E-state index contributed by atoms with van der Waals surface area (Å²) in [5, 5.41) is 10.2. The van der Waals surface area contributed by atoms with E-state index in [1.54, 1.807) is 0 Å². The molecule has 8 heteroatoms. The maximum absolute atomic E-state index is 13.5. The van der Waals surface area contributed by atoms with Gasteiger partial charge in [-0.2, -0.15) is 0 Å². The van der Waals surface area contributed by atoms with Crippen molar-refractivity contribution in [1.82, 2.24) is 19.6 Å². The Morgan fingerprint density at radius 3 is 2.48 bits per heavy atom. The summed E-state index contributed by atoms with van der Waals surface area (Å²) in [4.78, 5) is 46.1. The first-order valence-electron chi connectivity index (χ1n) is 11.3. The van der Waals surface area contributed by atoms with Crippen molar-refractivity contribution in [2.24, 2.45) is 0 Å². The lowest BCUT2D eigenvalue weighted by atomic mass is 9.81. The van der Waals surface area contributed by atoms with Crippen LogP contribution in [0.4, 0.5) is 0 Å². The molecule has 1 saturated carbocycles. The molecule has 1 spiro atoms. The van der Waals surface area contributed by atoms with E-state index in [4.69, 9.17) is 0 Å². The molecule has 5 aliphatic rings. The molecule has 4 aliphatic heterocycles. The third kappa shape index (κ3) is 3.11. The zero-order chi connectivity index (χ0) is 20.2. The standard InChI is InChI=1S/C21H32N4O4/c26-16-11-17-19(28)24(10-4-9-22-8-3-7-18(22)27)20(29)21(25(17)12-16)13-23(14-21)15-5-1-2-6-15/h15-17,26H,1-14H2/t16-,17+/m1/s1. The molecule has 2 atom stereocenters. The molecule has 0 bridgehead atoms. The number of aliphatic hydroxyl groups is 1. The molecular weight excluding hydrogens is 372 g/mol. The highest BCUT2D eigenvalue weighted by Gasteiger charge is 2.64. The number of rotatable bonds is 5. The van der Waals surface area contributed by atoms with E-state index >= 15 is 0 Å². The molecule has 3 amide bonds. The number of hydrogen-bond acceptors (Lipinski definition) is 6. The smallest absolute Gasteiger partial charge is 0.252 e. The van der Waals surface area contributed by atoms with Gasteiger partial charge in [-0.1, -0.05) is 12.8 Å². The van der Waals surface area contributed by atoms with E-state index in [2.05, 4.69) is 4.90 Å². The van der Waals surface area contributed by atoms with Crippen molar-refractivity contribution in [1.29, 1.82) is 0 Å². The second-order valence-corrected chi connectivity index (χ2v) is 9.57. The van der Waals surface area contributed by atoms with Crippen LogP contribution in [0.15, 0.2) is 0 Å². The summed E-state index contributed by atoms with van der Waals surface area (Å²) in [5.41, 5.74) is -0.651. The molecule has 4 saturated heterocycles. The molecule has 160 valence electrons. The van der Waals surface area contributed by atoms with Gasteiger partial charge in [0.25, 0.3) is 5.91 Å². The van der Waals surface area contributed by atoms with Gasteiger partial charge in [-0.25, -0.2) is 0 Å². The van der Waals surface area contributed by atoms with Crippen LogP contribution in [0.1, 0.15) is 51.4 Å². The summed E-state index contributed by atoms with van der Waals surface area (Å²) in [6.45, 7) is 3.52. The van der Waals surface area contributed by atoms with E-state index in [9.17, 15) is 19.5 Å². The largest absolute Gasteiger partial charge is 0.392 e. The van der Waals surface area contributed by atoms with Gasteiger partial charge in [-0.15, -0.1) is 0 Å². The van der Waals surface area contributed by atoms with Crippen LogP contribution < -0.4 is 0 Å². The number of imide groups is 1. The fraction of sp³-hybridized carbons (Fsp3) is 0.857. The second kappa shape index (κ2) is 7.32. The SMILES string of the molecule is O=C1CCCN1CCCN1C(=O)[C@@H]2C[C@@H](O)CN2C2(CN(C3CCCC3)C2)C1=O. The second-order valence-electron chi connectivity index (χ2n) is 9.57. The topological polar surface area (TPSA) is 84.4 Å². The van der Waals surface area contributed by atoms with Gasteiger partial charge in [0.15, 0.2) is 0 Å². The Balaban J connectivity index is 1.29. The van der Waals surface area contributed by atoms with Crippen LogP contribution in [0.2, 0.25) is 0 Å². The first-order chi connectivity index (χ1) is 14.0. The number of nitrogens with zero attached hydrogens (tertiary/aromatic N) is 4. The van der Waals surface area contributed by atoms with Crippen molar-refractivity contribution in [2.75, 3.05) is 39.3 Å². The summed E-state index contributed by atoms with van der Waals surface area (Å²) in [6, 6.07) is 0.175. The van der Waals surface area contributed by atoms with E-state index in [1.807, 2.05) is 9.80 Å². The van der Waals surface area contributed by atoms with Crippen molar-refractivity contribution in [2.45, 2.75) is 75.1 Å². The first kappa shape index (κ1) is 19.5. The van der Waals surface area contributed by atoms with Crippen molar-refractivity contribution in [3.63, 3.8) is 0 Å². The summed E-state index contributed by atoms with van der Waals surface area (Å²) < 4.78 is 0. The van der Waals surface area contributed by atoms with Gasteiger partial charge >= 0.3 is 0 Å². The number of fused-ring (bicyclic) bond motifs is 2. The highest BCUT2D eigenvalue weighted by Crippen LogP contribution is 2.42. The van der Waals surface area contributed by atoms with Crippen LogP contribution in [0.3, 0.4) is 0 Å². The highest BCUT2D eigenvalue weighted by atomic mass is 16.3. The number of likely N-dealkylation sites (tertiary alicyclic amines) is 2. The monoisotopic (exact) mass is 404 g/mol. The average Bonchev–Trinajstić information content (AvgIpc) is 3.39. The number of β-amino-alcohol motifs (C(OH)–C–C–N with tert-alkyl or cyclic N) is 1. The molecule has 0 aromatic heterocycles. The number of carbonyl (C=O) groups excluding carboxylic acids is 3. The fourth-order valence-electron chi connectivity index (χ4n) is 6.22. The highest BCUT2D eigenvalue weighted by molar-refractivity contribution is 6.06. The predicted molar refractivity (Wildman–Crippen MR) is 105 cm³/mol. The third-order valence-electron chi connectivity index (χ3n) is 7.77. The van der Waals surface area contributed by atoms with Gasteiger partial charge in [-0.05, 0) is 32.1 Å². The molecule has 29 heavy (non-hydrogen) atoms. The summed E-state index contributed by atoms with van der Waals surface area (Å²) >= 11 is 0. The van der Waals surface area contributed by atoms with E-state index < -0.39 is 11.6 Å². The maximum atomic E-state index is 13.5. The van der Waals surface area contributed by atoms with Crippen LogP contribution in [0, 0.1) is 0 Å². The minimum Gasteiger partial charge on any atom is -0.392 e. The normalized spacial score (nSPS) is 33.2. The molecule has 1 aliphatic carbocycles. The van der Waals surface area contributed by atoms with Crippen molar-refractivity contribution < 1.29 is 19.5 Å². The number of hydrogen-bond donors (Lipinski definition) is 1. The molecule has 0 radical (unpaired) electrons. The molecule has 4 heterocycles. The van der Waals surface area contributed by atoms with Crippen LogP contribution in [-0.2, 0) is 14.4 Å². The Hall–Kier alpha value is -1.51. The van der Waals surface area contributed by atoms with Crippen molar-refractivity contribution in [3.8, 4) is 0 Å². The fourth-order valence-corrected chi connectivity index (χ4v) is 6.22. The molecule has 1 N–H and O–H groups in total. The molecule has 0 unspecified atom stereocenters. The predicted octanol–water partition coefficient (Wildman–Crippen LogP) is -0.200.